The number of alkyl halides is 1. The van der Waals surface area contributed by atoms with Gasteiger partial charge >= 0.3 is 0 Å². The predicted molar refractivity (Wildman–Crippen MR) is 67.3 cm³/mol. The van der Waals surface area contributed by atoms with Crippen LogP contribution in [0.2, 0.25) is 0 Å². The van der Waals surface area contributed by atoms with Crippen LogP contribution < -0.4 is 5.56 Å². The fourth-order valence-electron chi connectivity index (χ4n) is 1.71. The highest BCUT2D eigenvalue weighted by Crippen LogP contribution is 2.29. The molecular weight excluding hydrogens is 244 g/mol. The Kier molecular flexibility index (Phi) is 2.19. The maximum absolute atomic E-state index is 11.8. The van der Waals surface area contributed by atoms with Crippen LogP contribution in [0.25, 0.3) is 20.3 Å². The molecule has 0 aliphatic rings. The lowest BCUT2D eigenvalue weighted by molar-refractivity contribution is 1.04. The first-order chi connectivity index (χ1) is 7.79. The Morgan fingerprint density at radius 3 is 3.00 bits per heavy atom. The van der Waals surface area contributed by atoms with Gasteiger partial charge in [-0.1, -0.05) is 18.2 Å². The molecule has 0 spiro atoms. The summed E-state index contributed by atoms with van der Waals surface area (Å²) in [6, 6.07) is 7.85. The van der Waals surface area contributed by atoms with E-state index in [1.165, 1.54) is 11.3 Å². The molecule has 0 aliphatic heterocycles. The van der Waals surface area contributed by atoms with E-state index in [1.807, 2.05) is 24.3 Å². The fourth-order valence-corrected chi connectivity index (χ4v) is 2.87. The van der Waals surface area contributed by atoms with Crippen molar-refractivity contribution >= 4 is 43.2 Å². The van der Waals surface area contributed by atoms with Crippen LogP contribution in [0.5, 0.6) is 0 Å². The van der Waals surface area contributed by atoms with Crippen LogP contribution in [-0.2, 0) is 5.88 Å². The number of aromatic nitrogens is 2. The standard InChI is InChI=1S/C11H7ClN2OS/c12-5-8-13-9-6-3-1-2-4-7(6)16-10(9)11(15)14-8/h1-4H,5H2,(H,13,14,15). The summed E-state index contributed by atoms with van der Waals surface area (Å²) in [7, 11) is 0. The first kappa shape index (κ1) is 9.81. The van der Waals surface area contributed by atoms with E-state index < -0.39 is 0 Å². The van der Waals surface area contributed by atoms with Crippen molar-refractivity contribution in [2.24, 2.45) is 0 Å². The quantitative estimate of drug-likeness (QED) is 0.675. The van der Waals surface area contributed by atoms with Crippen LogP contribution in [0.1, 0.15) is 5.82 Å². The van der Waals surface area contributed by atoms with Crippen LogP contribution in [0.3, 0.4) is 0 Å². The highest BCUT2D eigenvalue weighted by atomic mass is 35.5. The third kappa shape index (κ3) is 1.34. The molecule has 3 rings (SSSR count). The van der Waals surface area contributed by atoms with Gasteiger partial charge in [-0.3, -0.25) is 4.79 Å². The molecule has 0 fully saturated rings. The van der Waals surface area contributed by atoms with Crippen molar-refractivity contribution in [2.45, 2.75) is 5.88 Å². The molecule has 0 aliphatic carbocycles. The van der Waals surface area contributed by atoms with Crippen LogP contribution >= 0.6 is 22.9 Å². The third-order valence-electron chi connectivity index (χ3n) is 2.41. The Morgan fingerprint density at radius 1 is 1.38 bits per heavy atom. The zero-order valence-corrected chi connectivity index (χ0v) is 9.73. The summed E-state index contributed by atoms with van der Waals surface area (Å²) in [6.45, 7) is 0. The second kappa shape index (κ2) is 3.57. The molecule has 80 valence electrons. The SMILES string of the molecule is O=c1[nH]c(CCl)nc2c1sc1ccccc12. The van der Waals surface area contributed by atoms with Crippen molar-refractivity contribution in [3.05, 3.63) is 40.4 Å². The number of nitrogens with one attached hydrogen (secondary N) is 1. The predicted octanol–water partition coefficient (Wildman–Crippen LogP) is 2.88. The molecule has 3 nitrogen and oxygen atoms in total. The van der Waals surface area contributed by atoms with Gasteiger partial charge in [0.25, 0.3) is 5.56 Å². The van der Waals surface area contributed by atoms with Gasteiger partial charge in [-0.15, -0.1) is 22.9 Å². The number of benzene rings is 1. The van der Waals surface area contributed by atoms with E-state index in [9.17, 15) is 4.79 Å². The van der Waals surface area contributed by atoms with E-state index in [1.54, 1.807) is 0 Å². The molecular formula is C11H7ClN2OS. The molecule has 0 unspecified atom stereocenters. The number of thiophene rings is 1. The molecule has 2 heterocycles. The molecule has 0 bridgehead atoms. The summed E-state index contributed by atoms with van der Waals surface area (Å²) in [6.07, 6.45) is 0. The zero-order chi connectivity index (χ0) is 11.1. The van der Waals surface area contributed by atoms with E-state index in [2.05, 4.69) is 9.97 Å². The Balaban J connectivity index is 2.56. The summed E-state index contributed by atoms with van der Waals surface area (Å²) in [5, 5.41) is 1.01. The lowest BCUT2D eigenvalue weighted by atomic mass is 10.2. The van der Waals surface area contributed by atoms with Gasteiger partial charge in [-0.05, 0) is 6.07 Å². The largest absolute Gasteiger partial charge is 0.308 e. The van der Waals surface area contributed by atoms with Gasteiger partial charge < -0.3 is 4.98 Å². The molecule has 0 radical (unpaired) electrons. The molecule has 1 aromatic carbocycles. The number of H-pyrrole nitrogens is 1. The number of aromatic amines is 1. The van der Waals surface area contributed by atoms with Crippen molar-refractivity contribution in [1.29, 1.82) is 0 Å². The molecule has 3 aromatic rings. The number of fused-ring (bicyclic) bond motifs is 3. The van der Waals surface area contributed by atoms with Crippen molar-refractivity contribution in [3.8, 4) is 0 Å². The number of hydrogen-bond acceptors (Lipinski definition) is 3. The third-order valence-corrected chi connectivity index (χ3v) is 3.82. The average molecular weight is 251 g/mol. The van der Waals surface area contributed by atoms with E-state index >= 15 is 0 Å². The van der Waals surface area contributed by atoms with Gasteiger partial charge in [-0.2, -0.15) is 0 Å². The van der Waals surface area contributed by atoms with Crippen LogP contribution in [-0.4, -0.2) is 9.97 Å². The van der Waals surface area contributed by atoms with Gasteiger partial charge in [0.2, 0.25) is 0 Å². The minimum atomic E-state index is -0.109. The molecule has 16 heavy (non-hydrogen) atoms. The monoisotopic (exact) mass is 250 g/mol. The summed E-state index contributed by atoms with van der Waals surface area (Å²) in [5.74, 6) is 0.734. The van der Waals surface area contributed by atoms with Crippen molar-refractivity contribution in [2.75, 3.05) is 0 Å². The Labute approximate surface area is 99.7 Å². The highest BCUT2D eigenvalue weighted by Gasteiger charge is 2.10. The lowest BCUT2D eigenvalue weighted by Crippen LogP contribution is -2.08. The lowest BCUT2D eigenvalue weighted by Gasteiger charge is -1.94. The zero-order valence-electron chi connectivity index (χ0n) is 8.16. The maximum Gasteiger partial charge on any atom is 0.268 e. The van der Waals surface area contributed by atoms with Gasteiger partial charge in [0.15, 0.2) is 0 Å². The van der Waals surface area contributed by atoms with Gasteiger partial charge in [0, 0.05) is 10.1 Å². The molecule has 0 amide bonds. The van der Waals surface area contributed by atoms with Crippen molar-refractivity contribution in [3.63, 3.8) is 0 Å². The smallest absolute Gasteiger partial charge is 0.268 e. The van der Waals surface area contributed by atoms with E-state index in [-0.39, 0.29) is 11.4 Å². The number of nitrogens with zero attached hydrogens (tertiary/aromatic N) is 1. The van der Waals surface area contributed by atoms with Crippen LogP contribution in [0, 0.1) is 0 Å². The number of halogens is 1. The topological polar surface area (TPSA) is 45.8 Å². The normalized spacial score (nSPS) is 11.3. The molecule has 2 aromatic heterocycles. The fraction of sp³-hybridized carbons (Fsp3) is 0.0909. The van der Waals surface area contributed by atoms with Crippen molar-refractivity contribution in [1.82, 2.24) is 9.97 Å². The summed E-state index contributed by atoms with van der Waals surface area (Å²) < 4.78 is 1.73. The Hall–Kier alpha value is -1.39. The second-order valence-electron chi connectivity index (χ2n) is 3.42. The minimum absolute atomic E-state index is 0.109. The average Bonchev–Trinajstić information content (AvgIpc) is 2.68. The van der Waals surface area contributed by atoms with E-state index in [0.717, 1.165) is 15.6 Å². The van der Waals surface area contributed by atoms with Gasteiger partial charge in [-0.25, -0.2) is 4.98 Å². The molecule has 1 N–H and O–H groups in total. The van der Waals surface area contributed by atoms with E-state index in [0.29, 0.717) is 10.5 Å². The summed E-state index contributed by atoms with van der Waals surface area (Å²) in [4.78, 5) is 18.8. The molecule has 0 atom stereocenters. The van der Waals surface area contributed by atoms with Crippen molar-refractivity contribution < 1.29 is 0 Å². The van der Waals surface area contributed by atoms with Gasteiger partial charge in [0.1, 0.15) is 10.5 Å². The summed E-state index contributed by atoms with van der Waals surface area (Å²) >= 11 is 7.15. The van der Waals surface area contributed by atoms with E-state index in [4.69, 9.17) is 11.6 Å². The maximum atomic E-state index is 11.8. The van der Waals surface area contributed by atoms with Crippen LogP contribution in [0.15, 0.2) is 29.1 Å². The Morgan fingerprint density at radius 2 is 2.19 bits per heavy atom. The highest BCUT2D eigenvalue weighted by molar-refractivity contribution is 7.25. The Bertz CT molecular complexity index is 732. The first-order valence-corrected chi connectivity index (χ1v) is 6.11. The molecule has 0 saturated heterocycles. The summed E-state index contributed by atoms with van der Waals surface area (Å²) in [5.41, 5.74) is 0.641. The molecule has 0 saturated carbocycles. The minimum Gasteiger partial charge on any atom is -0.308 e. The van der Waals surface area contributed by atoms with Gasteiger partial charge in [0.05, 0.1) is 11.4 Å². The molecule has 5 heteroatoms. The number of hydrogen-bond donors (Lipinski definition) is 1. The number of rotatable bonds is 1. The second-order valence-corrected chi connectivity index (χ2v) is 4.74. The first-order valence-electron chi connectivity index (χ1n) is 4.76. The van der Waals surface area contributed by atoms with Crippen LogP contribution in [0.4, 0.5) is 0 Å².